The first kappa shape index (κ1) is 14.6. The summed E-state index contributed by atoms with van der Waals surface area (Å²) in [6.07, 6.45) is -2.56. The number of carbonyl (C=O) groups is 1. The third-order valence-electron chi connectivity index (χ3n) is 3.16. The first-order valence-corrected chi connectivity index (χ1v) is 6.59. The zero-order valence-electron chi connectivity index (χ0n) is 10.9. The molecule has 22 heavy (non-hydrogen) atoms. The smallest absolute Gasteiger partial charge is 0.268 e. The zero-order valence-corrected chi connectivity index (χ0v) is 11.7. The fraction of sp³-hybridized carbons (Fsp3) is 0.0667. The molecule has 0 spiro atoms. The summed E-state index contributed by atoms with van der Waals surface area (Å²) >= 11 is 5.95. The average molecular weight is 325 g/mol. The van der Waals surface area contributed by atoms with Gasteiger partial charge in [0.05, 0.1) is 10.6 Å². The number of hydrogen-bond donors (Lipinski definition) is 0. The average Bonchev–Trinajstić information content (AvgIpc) is 2.83. The van der Waals surface area contributed by atoms with E-state index in [1.165, 1.54) is 6.20 Å². The van der Waals surface area contributed by atoms with Gasteiger partial charge in [-0.05, 0) is 18.2 Å². The predicted octanol–water partition coefficient (Wildman–Crippen LogP) is 4.40. The number of halogens is 4. The highest BCUT2D eigenvalue weighted by Gasteiger charge is 2.32. The molecule has 3 rings (SSSR count). The van der Waals surface area contributed by atoms with Crippen LogP contribution in [0.25, 0.3) is 11.0 Å². The van der Waals surface area contributed by atoms with E-state index in [2.05, 4.69) is 4.98 Å². The Kier molecular flexibility index (Phi) is 3.41. The third kappa shape index (κ3) is 2.46. The van der Waals surface area contributed by atoms with Crippen LogP contribution >= 0.6 is 11.6 Å². The fourth-order valence-corrected chi connectivity index (χ4v) is 2.34. The zero-order chi connectivity index (χ0) is 15.9. The summed E-state index contributed by atoms with van der Waals surface area (Å²) < 4.78 is 39.3. The Morgan fingerprint density at radius 1 is 1.18 bits per heavy atom. The number of pyridine rings is 1. The molecule has 1 aromatic carbocycles. The van der Waals surface area contributed by atoms with Gasteiger partial charge in [-0.25, -0.2) is 4.98 Å². The van der Waals surface area contributed by atoms with Gasteiger partial charge in [-0.1, -0.05) is 29.8 Å². The van der Waals surface area contributed by atoms with Crippen molar-refractivity contribution in [3.8, 4) is 0 Å². The molecule has 112 valence electrons. The highest BCUT2D eigenvalue weighted by atomic mass is 35.5. The number of fused-ring (bicyclic) bond motifs is 1. The van der Waals surface area contributed by atoms with Crippen LogP contribution in [0.3, 0.4) is 0 Å². The molecule has 2 heterocycles. The van der Waals surface area contributed by atoms with E-state index in [0.717, 1.165) is 10.6 Å². The maximum absolute atomic E-state index is 12.7. The van der Waals surface area contributed by atoms with Gasteiger partial charge in [0.15, 0.2) is 0 Å². The minimum atomic E-state index is -4.52. The molecule has 0 N–H and O–H groups in total. The summed E-state index contributed by atoms with van der Waals surface area (Å²) in [6, 6.07) is 9.23. The number of carbonyl (C=O) groups excluding carboxylic acids is 1. The molecule has 2 aromatic heterocycles. The minimum Gasteiger partial charge on any atom is -0.268 e. The highest BCUT2D eigenvalue weighted by Crippen LogP contribution is 2.33. The molecule has 7 heteroatoms. The van der Waals surface area contributed by atoms with Crippen LogP contribution < -0.4 is 0 Å². The second-order valence-corrected chi connectivity index (χ2v) is 5.02. The van der Waals surface area contributed by atoms with Crippen molar-refractivity contribution in [3.63, 3.8) is 0 Å². The van der Waals surface area contributed by atoms with Crippen LogP contribution in [-0.4, -0.2) is 15.5 Å². The summed E-state index contributed by atoms with van der Waals surface area (Å²) in [5, 5.41) is 0.124. The first-order chi connectivity index (χ1) is 10.4. The maximum Gasteiger partial charge on any atom is 0.417 e. The lowest BCUT2D eigenvalue weighted by molar-refractivity contribution is -0.137. The van der Waals surface area contributed by atoms with Gasteiger partial charge in [0.25, 0.3) is 5.91 Å². The Morgan fingerprint density at radius 3 is 2.50 bits per heavy atom. The Balaban J connectivity index is 2.15. The number of nitrogens with zero attached hydrogens (tertiary/aromatic N) is 2. The molecule has 0 saturated carbocycles. The van der Waals surface area contributed by atoms with E-state index in [1.54, 1.807) is 30.3 Å². The van der Waals surface area contributed by atoms with Crippen molar-refractivity contribution in [2.75, 3.05) is 0 Å². The SMILES string of the molecule is O=C(c1ccccc1)n1cc(Cl)c2cc(C(F)(F)F)cnc21. The van der Waals surface area contributed by atoms with E-state index in [9.17, 15) is 18.0 Å². The van der Waals surface area contributed by atoms with Gasteiger partial charge in [0.2, 0.25) is 0 Å². The largest absolute Gasteiger partial charge is 0.417 e. The summed E-state index contributed by atoms with van der Waals surface area (Å²) in [7, 11) is 0. The molecule has 3 nitrogen and oxygen atoms in total. The van der Waals surface area contributed by atoms with Crippen molar-refractivity contribution in [1.29, 1.82) is 0 Å². The van der Waals surface area contributed by atoms with Gasteiger partial charge in [-0.2, -0.15) is 13.2 Å². The number of aromatic nitrogens is 2. The van der Waals surface area contributed by atoms with Crippen molar-refractivity contribution in [2.24, 2.45) is 0 Å². The van der Waals surface area contributed by atoms with Gasteiger partial charge in [-0.3, -0.25) is 9.36 Å². The molecular weight excluding hydrogens is 317 g/mol. The summed E-state index contributed by atoms with van der Waals surface area (Å²) in [5.74, 6) is -0.412. The molecule has 0 aliphatic rings. The van der Waals surface area contributed by atoms with Gasteiger partial charge in [0, 0.05) is 23.3 Å². The van der Waals surface area contributed by atoms with Gasteiger partial charge in [-0.15, -0.1) is 0 Å². The van der Waals surface area contributed by atoms with E-state index in [0.29, 0.717) is 11.8 Å². The van der Waals surface area contributed by atoms with E-state index in [4.69, 9.17) is 11.6 Å². The van der Waals surface area contributed by atoms with Crippen LogP contribution in [0, 0.1) is 0 Å². The standard InChI is InChI=1S/C15H8ClF3N2O/c16-12-8-21(14(22)9-4-2-1-3-5-9)13-11(12)6-10(7-20-13)15(17,18)19/h1-8H. The molecule has 0 aliphatic carbocycles. The van der Waals surface area contributed by atoms with Crippen LogP contribution in [0.5, 0.6) is 0 Å². The number of benzene rings is 1. The Hall–Kier alpha value is -2.34. The molecular formula is C15H8ClF3N2O. The molecule has 0 aliphatic heterocycles. The molecule has 0 bridgehead atoms. The quantitative estimate of drug-likeness (QED) is 0.665. The van der Waals surface area contributed by atoms with Crippen LogP contribution in [-0.2, 0) is 6.18 Å². The topological polar surface area (TPSA) is 34.9 Å². The molecule has 0 atom stereocenters. The predicted molar refractivity (Wildman–Crippen MR) is 75.9 cm³/mol. The normalized spacial score (nSPS) is 11.8. The van der Waals surface area contributed by atoms with E-state index < -0.39 is 17.6 Å². The van der Waals surface area contributed by atoms with Crippen molar-refractivity contribution in [1.82, 2.24) is 9.55 Å². The highest BCUT2D eigenvalue weighted by molar-refractivity contribution is 6.35. The van der Waals surface area contributed by atoms with Crippen LogP contribution in [0.15, 0.2) is 48.8 Å². The lowest BCUT2D eigenvalue weighted by Crippen LogP contribution is -2.11. The number of rotatable bonds is 1. The minimum absolute atomic E-state index is 0.0397. The van der Waals surface area contributed by atoms with Crippen LogP contribution in [0.1, 0.15) is 15.9 Å². The summed E-state index contributed by atoms with van der Waals surface area (Å²) in [6.45, 7) is 0. The number of hydrogen-bond acceptors (Lipinski definition) is 2. The van der Waals surface area contributed by atoms with Crippen LogP contribution in [0.4, 0.5) is 13.2 Å². The summed E-state index contributed by atoms with van der Waals surface area (Å²) in [4.78, 5) is 16.2. The molecule has 0 unspecified atom stereocenters. The Morgan fingerprint density at radius 2 is 1.86 bits per heavy atom. The van der Waals surface area contributed by atoms with Crippen LogP contribution in [0.2, 0.25) is 5.02 Å². The lowest BCUT2D eigenvalue weighted by atomic mass is 10.2. The van der Waals surface area contributed by atoms with Crippen molar-refractivity contribution in [3.05, 3.63) is 64.9 Å². The van der Waals surface area contributed by atoms with Crippen molar-refractivity contribution in [2.45, 2.75) is 6.18 Å². The lowest BCUT2D eigenvalue weighted by Gasteiger charge is -2.07. The summed E-state index contributed by atoms with van der Waals surface area (Å²) in [5.41, 5.74) is -0.434. The molecule has 0 fully saturated rings. The van der Waals surface area contributed by atoms with Gasteiger partial charge >= 0.3 is 6.18 Å². The monoisotopic (exact) mass is 324 g/mol. The molecule has 3 aromatic rings. The molecule has 0 amide bonds. The Bertz CT molecular complexity index is 856. The van der Waals surface area contributed by atoms with E-state index in [-0.39, 0.29) is 16.1 Å². The van der Waals surface area contributed by atoms with Crippen molar-refractivity contribution >= 4 is 28.5 Å². The Labute approximate surface area is 128 Å². The van der Waals surface area contributed by atoms with E-state index in [1.807, 2.05) is 0 Å². The third-order valence-corrected chi connectivity index (χ3v) is 3.46. The maximum atomic E-state index is 12.7. The van der Waals surface area contributed by atoms with E-state index >= 15 is 0 Å². The van der Waals surface area contributed by atoms with Crippen molar-refractivity contribution < 1.29 is 18.0 Å². The van der Waals surface area contributed by atoms with Gasteiger partial charge < -0.3 is 0 Å². The first-order valence-electron chi connectivity index (χ1n) is 6.21. The molecule has 0 radical (unpaired) electrons. The fourth-order valence-electron chi connectivity index (χ4n) is 2.10. The number of alkyl halides is 3. The second kappa shape index (κ2) is 5.14. The second-order valence-electron chi connectivity index (χ2n) is 4.61. The molecule has 0 saturated heterocycles. The van der Waals surface area contributed by atoms with Gasteiger partial charge in [0.1, 0.15) is 5.65 Å².